The van der Waals surface area contributed by atoms with Crippen molar-refractivity contribution >= 4 is 5.97 Å². The van der Waals surface area contributed by atoms with Gasteiger partial charge in [0.1, 0.15) is 23.1 Å². The van der Waals surface area contributed by atoms with Crippen LogP contribution in [0.4, 0.5) is 0 Å². The van der Waals surface area contributed by atoms with Gasteiger partial charge in [-0.25, -0.2) is 0 Å². The van der Waals surface area contributed by atoms with Gasteiger partial charge in [-0.15, -0.1) is 0 Å². The maximum absolute atomic E-state index is 11.6. The highest BCUT2D eigenvalue weighted by atomic mass is 16.6. The molecule has 2 N–H and O–H groups in total. The first-order valence-electron chi connectivity index (χ1n) is 6.02. The highest BCUT2D eigenvalue weighted by molar-refractivity contribution is 5.75. The van der Waals surface area contributed by atoms with Crippen molar-refractivity contribution < 1.29 is 19.0 Å². The number of methoxy groups -OCH3 is 2. The molecule has 106 valence electrons. The summed E-state index contributed by atoms with van der Waals surface area (Å²) in [6.45, 7) is 5.17. The van der Waals surface area contributed by atoms with Crippen molar-refractivity contribution in [3.05, 3.63) is 23.8 Å². The molecule has 19 heavy (non-hydrogen) atoms. The highest BCUT2D eigenvalue weighted by Crippen LogP contribution is 2.32. The van der Waals surface area contributed by atoms with E-state index in [0.717, 1.165) is 5.56 Å². The zero-order valence-corrected chi connectivity index (χ0v) is 12.0. The van der Waals surface area contributed by atoms with E-state index in [-0.39, 0.29) is 0 Å². The number of ether oxygens (including phenoxy) is 3. The minimum atomic E-state index is -0.813. The molecule has 0 spiro atoms. The van der Waals surface area contributed by atoms with E-state index in [1.54, 1.807) is 53.2 Å². The van der Waals surface area contributed by atoms with Gasteiger partial charge in [-0.2, -0.15) is 0 Å². The van der Waals surface area contributed by atoms with Gasteiger partial charge in [-0.05, 0) is 32.9 Å². The fourth-order valence-electron chi connectivity index (χ4n) is 1.56. The van der Waals surface area contributed by atoms with Crippen LogP contribution in [0.5, 0.6) is 11.5 Å². The zero-order valence-electron chi connectivity index (χ0n) is 12.0. The lowest BCUT2D eigenvalue weighted by Gasteiger charge is -2.27. The predicted octanol–water partition coefficient (Wildman–Crippen LogP) is 1.83. The van der Waals surface area contributed by atoms with Gasteiger partial charge in [0.15, 0.2) is 0 Å². The van der Waals surface area contributed by atoms with Gasteiger partial charge in [-0.1, -0.05) is 0 Å². The molecule has 5 nitrogen and oxygen atoms in total. The largest absolute Gasteiger partial charge is 0.497 e. The van der Waals surface area contributed by atoms with Crippen LogP contribution in [0.2, 0.25) is 0 Å². The maximum Gasteiger partial charge on any atom is 0.323 e. The van der Waals surface area contributed by atoms with Gasteiger partial charge < -0.3 is 19.9 Å². The number of rotatable bonds is 5. The Morgan fingerprint density at radius 2 is 1.63 bits per heavy atom. The van der Waals surface area contributed by atoms with E-state index in [2.05, 4.69) is 0 Å². The number of carbonyl (C=O) groups is 1. The van der Waals surface area contributed by atoms with Gasteiger partial charge in [0.25, 0.3) is 0 Å². The summed E-state index contributed by atoms with van der Waals surface area (Å²) in [5, 5.41) is 0. The van der Waals surface area contributed by atoms with Crippen molar-refractivity contribution in [1.29, 1.82) is 0 Å². The fourth-order valence-corrected chi connectivity index (χ4v) is 1.56. The van der Waals surface area contributed by atoms with Crippen LogP contribution in [-0.2, 0) is 15.1 Å². The van der Waals surface area contributed by atoms with Crippen LogP contribution in [-0.4, -0.2) is 26.2 Å². The lowest BCUT2D eigenvalue weighted by molar-refractivity contribution is -0.158. The average Bonchev–Trinajstić information content (AvgIpc) is 2.37. The molecule has 0 aliphatic heterocycles. The smallest absolute Gasteiger partial charge is 0.323 e. The molecule has 1 atom stereocenters. The first-order valence-corrected chi connectivity index (χ1v) is 6.02. The molecule has 1 unspecified atom stereocenters. The first kappa shape index (κ1) is 15.3. The van der Waals surface area contributed by atoms with Crippen molar-refractivity contribution in [3.63, 3.8) is 0 Å². The quantitative estimate of drug-likeness (QED) is 0.824. The Balaban J connectivity index is 3.09. The lowest BCUT2D eigenvalue weighted by atomic mass is 9.97. The van der Waals surface area contributed by atoms with E-state index in [4.69, 9.17) is 19.9 Å². The number of hydrogen-bond acceptors (Lipinski definition) is 5. The summed E-state index contributed by atoms with van der Waals surface area (Å²) >= 11 is 0. The molecule has 0 aliphatic carbocycles. The summed E-state index contributed by atoms with van der Waals surface area (Å²) in [4.78, 5) is 11.6. The summed E-state index contributed by atoms with van der Waals surface area (Å²) in [7, 11) is 3.14. The third-order valence-corrected chi connectivity index (χ3v) is 2.77. The Hall–Kier alpha value is -1.75. The Kier molecular flexibility index (Phi) is 4.78. The van der Waals surface area contributed by atoms with Crippen molar-refractivity contribution in [3.8, 4) is 11.5 Å². The molecule has 0 bridgehead atoms. The Morgan fingerprint density at radius 3 is 2.00 bits per heavy atom. The topological polar surface area (TPSA) is 70.8 Å². The summed E-state index contributed by atoms with van der Waals surface area (Å²) in [5.41, 5.74) is 5.47. The Bertz CT molecular complexity index is 433. The minimum Gasteiger partial charge on any atom is -0.497 e. The average molecular weight is 267 g/mol. The third-order valence-electron chi connectivity index (χ3n) is 2.77. The first-order chi connectivity index (χ1) is 8.80. The van der Waals surface area contributed by atoms with Crippen molar-refractivity contribution in [2.24, 2.45) is 5.73 Å². The molecule has 0 saturated heterocycles. The van der Waals surface area contributed by atoms with Crippen LogP contribution in [0.25, 0.3) is 0 Å². The number of esters is 1. The Morgan fingerprint density at radius 1 is 1.16 bits per heavy atom. The van der Waals surface area contributed by atoms with Gasteiger partial charge in [0.2, 0.25) is 0 Å². The van der Waals surface area contributed by atoms with E-state index in [1.165, 1.54) is 0 Å². The fraction of sp³-hybridized carbons (Fsp3) is 0.500. The van der Waals surface area contributed by atoms with Gasteiger partial charge >= 0.3 is 5.97 Å². The molecule has 0 aromatic heterocycles. The summed E-state index contributed by atoms with van der Waals surface area (Å²) in [6.07, 6.45) is 0. The molecule has 0 amide bonds. The van der Waals surface area contributed by atoms with Crippen molar-refractivity contribution in [2.45, 2.75) is 32.4 Å². The number of carbonyl (C=O) groups excluding carboxylic acids is 1. The maximum atomic E-state index is 11.6. The Labute approximate surface area is 113 Å². The van der Waals surface area contributed by atoms with E-state index < -0.39 is 17.6 Å². The van der Waals surface area contributed by atoms with E-state index in [0.29, 0.717) is 11.5 Å². The zero-order chi connectivity index (χ0) is 14.6. The van der Waals surface area contributed by atoms with E-state index >= 15 is 0 Å². The SMILES string of the molecule is COc1cc(OC)cc(C(C)(C)OC(=O)C(C)N)c1. The molecule has 1 rings (SSSR count). The van der Waals surface area contributed by atoms with Crippen LogP contribution in [0.3, 0.4) is 0 Å². The van der Waals surface area contributed by atoms with Crippen LogP contribution in [0, 0.1) is 0 Å². The van der Waals surface area contributed by atoms with E-state index in [9.17, 15) is 4.79 Å². The van der Waals surface area contributed by atoms with Gasteiger partial charge in [0.05, 0.1) is 14.2 Å². The van der Waals surface area contributed by atoms with E-state index in [1.807, 2.05) is 0 Å². The molecule has 0 saturated carbocycles. The standard InChI is InChI=1S/C14H21NO4/c1-9(15)13(16)19-14(2,3)10-6-11(17-4)8-12(7-10)18-5/h6-9H,15H2,1-5H3. The second kappa shape index (κ2) is 5.93. The molecular weight excluding hydrogens is 246 g/mol. The number of benzene rings is 1. The summed E-state index contributed by atoms with van der Waals surface area (Å²) in [5.74, 6) is 0.824. The van der Waals surface area contributed by atoms with Crippen LogP contribution in [0.15, 0.2) is 18.2 Å². The number of nitrogens with two attached hydrogens (primary N) is 1. The molecule has 0 heterocycles. The van der Waals surface area contributed by atoms with Gasteiger partial charge in [-0.3, -0.25) is 4.79 Å². The summed E-state index contributed by atoms with van der Waals surface area (Å²) < 4.78 is 15.8. The lowest BCUT2D eigenvalue weighted by Crippen LogP contribution is -2.35. The molecule has 0 radical (unpaired) electrons. The van der Waals surface area contributed by atoms with Gasteiger partial charge in [0, 0.05) is 11.6 Å². The second-order valence-electron chi connectivity index (χ2n) is 4.82. The normalized spacial score (nSPS) is 12.7. The predicted molar refractivity (Wildman–Crippen MR) is 72.3 cm³/mol. The van der Waals surface area contributed by atoms with Crippen molar-refractivity contribution in [2.75, 3.05) is 14.2 Å². The molecule has 1 aromatic rings. The van der Waals surface area contributed by atoms with Crippen LogP contribution in [0.1, 0.15) is 26.3 Å². The van der Waals surface area contributed by atoms with Crippen molar-refractivity contribution in [1.82, 2.24) is 0 Å². The summed E-state index contributed by atoms with van der Waals surface area (Å²) in [6, 6.07) is 4.70. The monoisotopic (exact) mass is 267 g/mol. The molecule has 5 heteroatoms. The van der Waals surface area contributed by atoms with Crippen LogP contribution >= 0.6 is 0 Å². The number of hydrogen-bond donors (Lipinski definition) is 1. The highest BCUT2D eigenvalue weighted by Gasteiger charge is 2.28. The molecule has 0 aliphatic rings. The molecule has 0 fully saturated rings. The second-order valence-corrected chi connectivity index (χ2v) is 4.82. The van der Waals surface area contributed by atoms with Crippen LogP contribution < -0.4 is 15.2 Å². The minimum absolute atomic E-state index is 0.452. The molecule has 1 aromatic carbocycles. The molecular formula is C14H21NO4. The third kappa shape index (κ3) is 3.86.